The van der Waals surface area contributed by atoms with Crippen molar-refractivity contribution >= 4 is 102 Å². The number of nitrogens with one attached hydrogen (secondary N) is 1. The first-order valence-corrected chi connectivity index (χ1v) is 30.7. The van der Waals surface area contributed by atoms with Gasteiger partial charge in [0.1, 0.15) is 49.1 Å². The van der Waals surface area contributed by atoms with Crippen LogP contribution in [-0.2, 0) is 47.1 Å². The molecule has 0 aromatic heterocycles. The Kier molecular flexibility index (Phi) is 32.7. The number of hydrogen-bond donors (Lipinski definition) is 2. The molecule has 1 aliphatic rings. The van der Waals surface area contributed by atoms with E-state index in [-0.39, 0.29) is 17.9 Å². The van der Waals surface area contributed by atoms with Crippen LogP contribution in [0.5, 0.6) is 11.5 Å². The molecule has 438 valence electrons. The van der Waals surface area contributed by atoms with E-state index in [0.29, 0.717) is 19.3 Å². The van der Waals surface area contributed by atoms with Crippen molar-refractivity contribution in [3.63, 3.8) is 0 Å². The molecule has 16 nitrogen and oxygen atoms in total. The van der Waals surface area contributed by atoms with E-state index in [1.54, 1.807) is 36.4 Å². The molecule has 0 bridgehead atoms. The molecule has 2 aromatic carbocycles. The van der Waals surface area contributed by atoms with Crippen molar-refractivity contribution in [1.29, 1.82) is 0 Å². The molecular formula is C54H80Cl6NO15P. The van der Waals surface area contributed by atoms with Gasteiger partial charge in [0.05, 0.1) is 6.42 Å². The van der Waals surface area contributed by atoms with Gasteiger partial charge in [-0.25, -0.2) is 14.2 Å². The SMILES string of the molecule is CCCCCCCCCCCCCC(=O)O[C@H](CCCCCCCCCCC)CC(=O)O[C@H]1[C@H](OP(=O)(Oc2ccccc2)Oc2ccccc2)[C@@H](COC(=O)OC(C)(C)C(Cl)(Cl)Cl)OC(O)[C@@H]1NC(=O)OCC(Cl)(Cl)Cl. The minimum atomic E-state index is -5.02. The number of alkyl carbamates (subject to hydrolysis) is 1. The Labute approximate surface area is 485 Å². The Balaban J connectivity index is 1.99. The summed E-state index contributed by atoms with van der Waals surface area (Å²) in [6.45, 7) is 5.33. The quantitative estimate of drug-likeness (QED) is 0.0213. The van der Waals surface area contributed by atoms with Crippen molar-refractivity contribution in [1.82, 2.24) is 5.32 Å². The zero-order valence-corrected chi connectivity index (χ0v) is 50.2. The van der Waals surface area contributed by atoms with Crippen molar-refractivity contribution in [2.45, 2.75) is 225 Å². The van der Waals surface area contributed by atoms with Crippen LogP contribution in [0, 0.1) is 0 Å². The van der Waals surface area contributed by atoms with E-state index < -0.39 is 102 Å². The van der Waals surface area contributed by atoms with E-state index in [1.165, 1.54) is 89.5 Å². The molecule has 1 aliphatic heterocycles. The summed E-state index contributed by atoms with van der Waals surface area (Å²) in [5.41, 5.74) is -1.75. The van der Waals surface area contributed by atoms with Gasteiger partial charge in [0, 0.05) is 6.42 Å². The lowest BCUT2D eigenvalue weighted by Crippen LogP contribution is -2.66. The number of ether oxygens (including phenoxy) is 6. The summed E-state index contributed by atoms with van der Waals surface area (Å²) in [7, 11) is -5.02. The van der Waals surface area contributed by atoms with Crippen LogP contribution in [0.25, 0.3) is 0 Å². The Morgan fingerprint density at radius 2 is 1.14 bits per heavy atom. The largest absolute Gasteiger partial charge is 0.588 e. The van der Waals surface area contributed by atoms with E-state index in [0.717, 1.165) is 64.2 Å². The number of carbonyl (C=O) groups excluding carboxylic acids is 4. The first-order chi connectivity index (χ1) is 36.5. The summed E-state index contributed by atoms with van der Waals surface area (Å²) in [5, 5.41) is 14.0. The molecule has 2 aromatic rings. The number of carbonyl (C=O) groups is 4. The Hall–Kier alpha value is -2.63. The smallest absolute Gasteiger partial charge is 0.462 e. The van der Waals surface area contributed by atoms with E-state index in [2.05, 4.69) is 19.2 Å². The normalized spacial score (nSPS) is 18.4. The van der Waals surface area contributed by atoms with E-state index in [9.17, 15) is 24.3 Å². The lowest BCUT2D eigenvalue weighted by atomic mass is 9.96. The molecule has 1 saturated heterocycles. The van der Waals surface area contributed by atoms with Gasteiger partial charge in [0.2, 0.25) is 7.59 Å². The van der Waals surface area contributed by atoms with E-state index in [4.69, 9.17) is 112 Å². The number of aliphatic hydroxyl groups is 1. The predicted molar refractivity (Wildman–Crippen MR) is 300 cm³/mol. The number of aliphatic hydroxyl groups excluding tert-OH is 1. The Morgan fingerprint density at radius 3 is 1.62 bits per heavy atom. The number of halogens is 6. The minimum absolute atomic E-state index is 0.00154. The molecule has 1 amide bonds. The van der Waals surface area contributed by atoms with Crippen LogP contribution in [0.1, 0.15) is 175 Å². The standard InChI is InChI=1S/C54H80Cl6NO15P/c1-5-7-9-11-13-15-16-18-20-22-30-36-44(62)70-42(35-25-21-19-17-14-12-10-8-6-2)37-45(63)72-48-46(61-50(65)69-39-53(55,56)57)49(64)71-43(38-68-51(66)73-52(3,4)54(58,59)60)47(48)76-77(67,74-40-31-26-23-27-32-40)75-41-33-28-24-29-34-41/h23-24,26-29,31-34,42-43,46-49,64H,5-22,25,30,35-39H2,1-4H3,(H,61,65)/t42-,43-,46-,47-,48-,49?/m1/s1. The number of esters is 2. The number of rotatable bonds is 37. The van der Waals surface area contributed by atoms with Crippen LogP contribution in [0.4, 0.5) is 9.59 Å². The highest BCUT2D eigenvalue weighted by atomic mass is 35.6. The second kappa shape index (κ2) is 36.7. The molecule has 0 saturated carbocycles. The van der Waals surface area contributed by atoms with Gasteiger partial charge in [-0.2, -0.15) is 0 Å². The molecule has 2 N–H and O–H groups in total. The van der Waals surface area contributed by atoms with Crippen LogP contribution >= 0.6 is 77.4 Å². The summed E-state index contributed by atoms with van der Waals surface area (Å²) in [5.74, 6) is -1.48. The van der Waals surface area contributed by atoms with Gasteiger partial charge in [0.15, 0.2) is 18.0 Å². The van der Waals surface area contributed by atoms with Gasteiger partial charge in [-0.05, 0) is 57.4 Å². The van der Waals surface area contributed by atoms with E-state index >= 15 is 4.57 Å². The summed E-state index contributed by atoms with van der Waals surface area (Å²) in [6, 6.07) is 13.7. The average Bonchev–Trinajstić information content (AvgIpc) is 3.36. The van der Waals surface area contributed by atoms with Crippen LogP contribution < -0.4 is 14.4 Å². The maximum absolute atomic E-state index is 15.1. The molecular weight excluding hydrogens is 1150 g/mol. The molecule has 6 atom stereocenters. The number of alkyl halides is 6. The molecule has 1 fully saturated rings. The molecule has 0 aliphatic carbocycles. The van der Waals surface area contributed by atoms with Crippen molar-refractivity contribution in [3.8, 4) is 11.5 Å². The highest BCUT2D eigenvalue weighted by Gasteiger charge is 2.54. The second-order valence-corrected chi connectivity index (χ2v) is 25.9. The molecule has 1 heterocycles. The fourth-order valence-electron chi connectivity index (χ4n) is 8.13. The molecule has 0 spiro atoms. The summed E-state index contributed by atoms with van der Waals surface area (Å²) >= 11 is 35.7. The topological polar surface area (TPSA) is 201 Å². The van der Waals surface area contributed by atoms with E-state index in [1.807, 2.05) is 0 Å². The summed E-state index contributed by atoms with van der Waals surface area (Å²) in [6.07, 6.45) is 9.96. The fraction of sp³-hybridized carbons (Fsp3) is 0.704. The molecule has 1 unspecified atom stereocenters. The number of para-hydroxylation sites is 2. The highest BCUT2D eigenvalue weighted by Crippen LogP contribution is 2.52. The number of unbranched alkanes of at least 4 members (excludes halogenated alkanes) is 18. The number of amides is 1. The lowest BCUT2D eigenvalue weighted by Gasteiger charge is -2.44. The number of benzene rings is 2. The van der Waals surface area contributed by atoms with Crippen LogP contribution in [0.15, 0.2) is 60.7 Å². The Bertz CT molecular complexity index is 1990. The maximum Gasteiger partial charge on any atom is 0.588 e. The zero-order chi connectivity index (χ0) is 56.7. The van der Waals surface area contributed by atoms with Gasteiger partial charge in [-0.15, -0.1) is 0 Å². The number of phosphoric acid groups is 1. The zero-order valence-electron chi connectivity index (χ0n) is 44.8. The van der Waals surface area contributed by atoms with Crippen molar-refractivity contribution < 1.29 is 70.8 Å². The maximum atomic E-state index is 15.1. The highest BCUT2D eigenvalue weighted by molar-refractivity contribution is 7.49. The molecule has 3 rings (SSSR count). The number of hydrogen-bond acceptors (Lipinski definition) is 15. The van der Waals surface area contributed by atoms with Gasteiger partial charge in [0.25, 0.3) is 0 Å². The summed E-state index contributed by atoms with van der Waals surface area (Å²) in [4.78, 5) is 54.5. The van der Waals surface area contributed by atoms with Crippen molar-refractivity contribution in [3.05, 3.63) is 60.7 Å². The first-order valence-electron chi connectivity index (χ1n) is 27.0. The van der Waals surface area contributed by atoms with Gasteiger partial charge < -0.3 is 47.9 Å². The van der Waals surface area contributed by atoms with Crippen molar-refractivity contribution in [2.24, 2.45) is 0 Å². The number of phosphoric ester groups is 1. The summed E-state index contributed by atoms with van der Waals surface area (Å²) < 4.78 is 62.8. The third-order valence-corrected chi connectivity index (χ3v) is 15.5. The Morgan fingerprint density at radius 1 is 0.662 bits per heavy atom. The van der Waals surface area contributed by atoms with Crippen molar-refractivity contribution in [2.75, 3.05) is 13.2 Å². The predicted octanol–water partition coefficient (Wildman–Crippen LogP) is 16.0. The van der Waals surface area contributed by atoms with Crippen LogP contribution in [0.2, 0.25) is 0 Å². The average molecular weight is 1230 g/mol. The second-order valence-electron chi connectivity index (χ2n) is 19.6. The third kappa shape index (κ3) is 29.1. The van der Waals surface area contributed by atoms with Crippen LogP contribution in [0.3, 0.4) is 0 Å². The third-order valence-electron chi connectivity index (χ3n) is 12.4. The van der Waals surface area contributed by atoms with Crippen LogP contribution in [-0.4, -0.2) is 92.4 Å². The monoisotopic (exact) mass is 1220 g/mol. The van der Waals surface area contributed by atoms with Gasteiger partial charge >= 0.3 is 32.0 Å². The molecule has 23 heteroatoms. The minimum Gasteiger partial charge on any atom is -0.462 e. The lowest BCUT2D eigenvalue weighted by molar-refractivity contribution is -0.256. The fourth-order valence-corrected chi connectivity index (χ4v) is 9.84. The van der Waals surface area contributed by atoms with Gasteiger partial charge in [-0.1, -0.05) is 235 Å². The van der Waals surface area contributed by atoms with Gasteiger partial charge in [-0.3, -0.25) is 14.1 Å². The first kappa shape index (κ1) is 68.6. The molecule has 0 radical (unpaired) electrons. The molecule has 77 heavy (non-hydrogen) atoms.